The van der Waals surface area contributed by atoms with Crippen molar-refractivity contribution < 1.29 is 192 Å². The summed E-state index contributed by atoms with van der Waals surface area (Å²) in [4.78, 5) is 33.4. The normalized spacial score (nSPS) is 11.6. The van der Waals surface area contributed by atoms with Crippen molar-refractivity contribution in [1.82, 2.24) is 0 Å². The first-order valence-corrected chi connectivity index (χ1v) is 24.2. The molecule has 0 unspecified atom stereocenters. The summed E-state index contributed by atoms with van der Waals surface area (Å²) in [7, 11) is -15.9. The zero-order valence-corrected chi connectivity index (χ0v) is 50.6. The first-order chi connectivity index (χ1) is 33.4. The summed E-state index contributed by atoms with van der Waals surface area (Å²) in [6.45, 7) is 2.52. The van der Waals surface area contributed by atoms with Crippen LogP contribution in [0.4, 0.5) is 45.5 Å². The molecule has 364 valence electrons. The van der Waals surface area contributed by atoms with Crippen molar-refractivity contribution in [3.05, 3.63) is 120 Å². The van der Waals surface area contributed by atoms with Gasteiger partial charge in [-0.1, -0.05) is 6.07 Å². The number of benzene rings is 7. The second kappa shape index (κ2) is 26.6. The molecule has 0 bridgehead atoms. The number of rotatable bonds is 15. The Morgan fingerprint density at radius 1 is 0.600 bits per heavy atom. The molecule has 7 rings (SSSR count). The molecule has 0 aliphatic heterocycles. The summed E-state index contributed by atoms with van der Waals surface area (Å²) in [5.74, 6) is -4.66. The summed E-state index contributed by atoms with van der Waals surface area (Å²) >= 11 is 0. The van der Waals surface area contributed by atoms with Crippen molar-refractivity contribution in [2.45, 2.75) is 28.5 Å². The van der Waals surface area contributed by atoms with Gasteiger partial charge in [-0.05, 0) is 109 Å². The Labute approximate surface area is 514 Å². The van der Waals surface area contributed by atoms with Crippen LogP contribution in [0.25, 0.3) is 21.5 Å². The van der Waals surface area contributed by atoms with Crippen LogP contribution in [0.1, 0.15) is 34.6 Å². The number of fused-ring (bicyclic) bond motifs is 2. The van der Waals surface area contributed by atoms with Gasteiger partial charge in [-0.3, -0.25) is 9.59 Å². The van der Waals surface area contributed by atoms with Crippen LogP contribution in [0.2, 0.25) is 0 Å². The van der Waals surface area contributed by atoms with Crippen LogP contribution in [0.5, 0.6) is 17.2 Å². The second-order valence-corrected chi connectivity index (χ2v) is 18.8. The maximum atomic E-state index is 13.0. The predicted molar refractivity (Wildman–Crippen MR) is 245 cm³/mol. The molecule has 0 aromatic heterocycles. The first kappa shape index (κ1) is 64.7. The Morgan fingerprint density at radius 2 is 1.17 bits per heavy atom. The molecule has 24 nitrogen and oxygen atoms in total. The fourth-order valence-corrected chi connectivity index (χ4v) is 8.38. The van der Waals surface area contributed by atoms with E-state index in [4.69, 9.17) is 4.74 Å². The van der Waals surface area contributed by atoms with Crippen molar-refractivity contribution in [2.24, 2.45) is 30.7 Å². The molecule has 0 fully saturated rings. The summed E-state index contributed by atoms with van der Waals surface area (Å²) < 4.78 is 116. The van der Waals surface area contributed by atoms with Gasteiger partial charge in [0.2, 0.25) is 5.91 Å². The third kappa shape index (κ3) is 15.8. The molecule has 7 aromatic rings. The summed E-state index contributed by atoms with van der Waals surface area (Å²) in [6.07, 6.45) is 0. The van der Waals surface area contributed by atoms with Gasteiger partial charge in [0.1, 0.15) is 53.2 Å². The van der Waals surface area contributed by atoms with Crippen molar-refractivity contribution in [2.75, 3.05) is 17.2 Å². The SMILES string of the molecule is CCOc1cc(N=Nc2ccc(NC(=O)c3ccc(N=Nc4ccc(O)c(C(=O)[O-])c4)cc3)cc2)c2cc(S(=O)(=O)[O-])ccc2c1N=Nc1c(S(=O)(=O)[O-])cc2cc(S(=O)(=O)[O-])cc(NC(C)=O)c2c1O.[Na+].[Na+].[Na+].[Na+]. The molecule has 0 atom stereocenters. The number of phenols is 2. The maximum absolute atomic E-state index is 13.0. The van der Waals surface area contributed by atoms with Crippen molar-refractivity contribution in [3.8, 4) is 17.2 Å². The molecule has 75 heavy (non-hydrogen) atoms. The number of hydrogen-bond acceptors (Lipinski definition) is 22. The molecule has 0 radical (unpaired) electrons. The van der Waals surface area contributed by atoms with Gasteiger partial charge in [-0.2, -0.15) is 15.3 Å². The van der Waals surface area contributed by atoms with E-state index >= 15 is 0 Å². The molecule has 0 saturated heterocycles. The number of carbonyl (C=O) groups is 3. The van der Waals surface area contributed by atoms with Crippen molar-refractivity contribution in [3.63, 3.8) is 0 Å². The third-order valence-corrected chi connectivity index (χ3v) is 12.4. The Balaban J connectivity index is 0.00000371. The molecule has 0 spiro atoms. The van der Waals surface area contributed by atoms with E-state index in [0.29, 0.717) is 29.6 Å². The number of ether oxygens (including phenoxy) is 1. The smallest absolute Gasteiger partial charge is 0.744 e. The van der Waals surface area contributed by atoms with Gasteiger partial charge >= 0.3 is 118 Å². The van der Waals surface area contributed by atoms with Crippen LogP contribution in [0.3, 0.4) is 0 Å². The van der Waals surface area contributed by atoms with Crippen LogP contribution in [0.15, 0.2) is 155 Å². The summed E-state index contributed by atoms with van der Waals surface area (Å²) in [5.41, 5.74) is -1.11. The minimum absolute atomic E-state index is 0. The fourth-order valence-electron chi connectivity index (χ4n) is 6.70. The van der Waals surface area contributed by atoms with E-state index < -0.39 is 102 Å². The molecule has 0 saturated carbocycles. The molecule has 0 aliphatic carbocycles. The molecule has 0 aliphatic rings. The number of carbonyl (C=O) groups excluding carboxylic acids is 3. The standard InChI is InChI=1S/C44H34N8O16S3.4Na/c1-3-68-37-21-34(50-48-27-10-8-25(9-11-27)46-43(56)23-4-6-26(7-5-23)47-49-28-12-15-36(54)33(18-28)44(57)58)32-19-29(69(59,60)61)13-14-31(32)40(37)51-52-41-38(71(65,66)67)17-24-16-30(70(62,63)64)20-35(45-22(2)53)39(24)42(41)55;;;;/h4-21,54-55H,3H2,1-2H3,(H,45,53)(H,46,56)(H,57,58)(H,59,60,61)(H,62,63,64)(H,65,66,67);;;;/q;4*+1/p-4. The average molecular weight is 1110 g/mol. The van der Waals surface area contributed by atoms with E-state index in [9.17, 15) is 68.6 Å². The number of phenolic OH excluding ortho intramolecular Hbond substituents is 1. The number of carboxylic acid groups (broad SMARTS) is 1. The predicted octanol–water partition coefficient (Wildman–Crippen LogP) is -4.65. The van der Waals surface area contributed by atoms with Crippen LogP contribution in [0, 0.1) is 0 Å². The number of hydrogen-bond donors (Lipinski definition) is 4. The van der Waals surface area contributed by atoms with Gasteiger partial charge in [-0.15, -0.1) is 15.3 Å². The fraction of sp³-hybridized carbons (Fsp3) is 0.0682. The maximum Gasteiger partial charge on any atom is 1.00 e. The molecule has 7 aromatic carbocycles. The van der Waals surface area contributed by atoms with E-state index in [2.05, 4.69) is 41.3 Å². The van der Waals surface area contributed by atoms with E-state index in [-0.39, 0.29) is 170 Å². The second-order valence-electron chi connectivity index (χ2n) is 14.7. The topological polar surface area (TPSA) is 394 Å². The number of amides is 2. The van der Waals surface area contributed by atoms with Crippen molar-refractivity contribution in [1.29, 1.82) is 0 Å². The summed E-state index contributed by atoms with van der Waals surface area (Å²) in [6, 6.07) is 21.6. The van der Waals surface area contributed by atoms with Gasteiger partial charge in [0.05, 0.1) is 55.7 Å². The molecule has 0 heterocycles. The molecule has 4 N–H and O–H groups in total. The Hall–Kier alpha value is -4.60. The number of carboxylic acids is 1. The first-order valence-electron chi connectivity index (χ1n) is 19.9. The quantitative estimate of drug-likeness (QED) is 0.0426. The number of nitrogens with one attached hydrogen (secondary N) is 2. The van der Waals surface area contributed by atoms with Crippen molar-refractivity contribution >= 4 is 115 Å². The van der Waals surface area contributed by atoms with Crippen LogP contribution in [-0.2, 0) is 35.1 Å². The van der Waals surface area contributed by atoms with Gasteiger partial charge in [0, 0.05) is 46.0 Å². The van der Waals surface area contributed by atoms with E-state index in [0.717, 1.165) is 37.3 Å². The number of aromatic hydroxyl groups is 2. The van der Waals surface area contributed by atoms with Gasteiger partial charge in [-0.25, -0.2) is 25.3 Å². The van der Waals surface area contributed by atoms with Gasteiger partial charge < -0.3 is 49.1 Å². The zero-order chi connectivity index (χ0) is 51.6. The number of aromatic carboxylic acids is 1. The van der Waals surface area contributed by atoms with E-state index in [1.165, 1.54) is 60.7 Å². The number of azo groups is 3. The number of anilines is 2. The van der Waals surface area contributed by atoms with Crippen LogP contribution in [-0.4, -0.2) is 73.5 Å². The molecule has 31 heteroatoms. The van der Waals surface area contributed by atoms with Crippen LogP contribution >= 0.6 is 0 Å². The third-order valence-electron chi connectivity index (χ3n) is 9.86. The van der Waals surface area contributed by atoms with Crippen LogP contribution < -0.4 is 139 Å². The van der Waals surface area contributed by atoms with E-state index in [1.54, 1.807) is 6.92 Å². The molecular formula is C44H30N8Na4O16S3. The van der Waals surface area contributed by atoms with Gasteiger partial charge in [0.15, 0.2) is 5.75 Å². The monoisotopic (exact) mass is 1110 g/mol. The average Bonchev–Trinajstić information content (AvgIpc) is 3.29. The van der Waals surface area contributed by atoms with E-state index in [1.807, 2.05) is 0 Å². The minimum atomic E-state index is -5.58. The van der Waals surface area contributed by atoms with Gasteiger partial charge in [0.25, 0.3) is 5.91 Å². The molecule has 2 amide bonds. The number of nitrogens with zero attached hydrogens (tertiary/aromatic N) is 6. The zero-order valence-electron chi connectivity index (χ0n) is 40.1. The largest absolute Gasteiger partial charge is 1.00 e. The minimum Gasteiger partial charge on any atom is -0.744 e. The Kier molecular flexibility index (Phi) is 23.0. The Bertz CT molecular complexity index is 3820. The molecular weight excluding hydrogens is 1080 g/mol. The summed E-state index contributed by atoms with van der Waals surface area (Å²) in [5, 5.41) is 60.5. The Morgan fingerprint density at radius 3 is 1.75 bits per heavy atom.